The topological polar surface area (TPSA) is 108 Å². The van der Waals surface area contributed by atoms with Crippen molar-refractivity contribution in [2.45, 2.75) is 6.61 Å². The summed E-state index contributed by atoms with van der Waals surface area (Å²) in [4.78, 5) is 36.7. The maximum atomic E-state index is 12.1. The number of aliphatic hydroxyl groups excluding tert-OH is 1. The molecule has 3 N–H and O–H groups in total. The highest BCUT2D eigenvalue weighted by Crippen LogP contribution is 2.19. The number of anilines is 2. The van der Waals surface area contributed by atoms with E-state index in [1.807, 2.05) is 30.3 Å². The van der Waals surface area contributed by atoms with Crippen LogP contribution >= 0.6 is 0 Å². The van der Waals surface area contributed by atoms with Crippen LogP contribution < -0.4 is 10.6 Å². The van der Waals surface area contributed by atoms with Crippen LogP contribution in [-0.2, 0) is 20.9 Å². The molecule has 1 aliphatic heterocycles. The first kappa shape index (κ1) is 19.1. The minimum atomic E-state index is -0.580. The minimum Gasteiger partial charge on any atom is -0.444 e. The molecule has 2 aromatic rings. The van der Waals surface area contributed by atoms with Crippen molar-refractivity contribution in [1.29, 1.82) is 0 Å². The Balaban J connectivity index is 1.52. The van der Waals surface area contributed by atoms with E-state index < -0.39 is 17.9 Å². The molecule has 0 atom stereocenters. The second-order valence-corrected chi connectivity index (χ2v) is 5.97. The Kier molecular flexibility index (Phi) is 6.03. The number of amides is 3. The number of rotatable bonds is 7. The van der Waals surface area contributed by atoms with E-state index >= 15 is 0 Å². The Labute approximate surface area is 161 Å². The van der Waals surface area contributed by atoms with Gasteiger partial charge in [-0.3, -0.25) is 19.8 Å². The van der Waals surface area contributed by atoms with Gasteiger partial charge in [0.25, 0.3) is 11.8 Å². The van der Waals surface area contributed by atoms with E-state index in [4.69, 9.17) is 9.84 Å². The molecule has 3 amide bonds. The van der Waals surface area contributed by atoms with E-state index in [0.717, 1.165) is 10.5 Å². The minimum absolute atomic E-state index is 0.0483. The van der Waals surface area contributed by atoms with Crippen LogP contribution in [0.1, 0.15) is 5.56 Å². The lowest BCUT2D eigenvalue weighted by Gasteiger charge is -2.13. The third kappa shape index (κ3) is 4.74. The first-order chi connectivity index (χ1) is 13.6. The van der Waals surface area contributed by atoms with Crippen LogP contribution in [0.5, 0.6) is 0 Å². The van der Waals surface area contributed by atoms with Crippen LogP contribution in [0, 0.1) is 0 Å². The third-order valence-corrected chi connectivity index (χ3v) is 3.96. The van der Waals surface area contributed by atoms with E-state index in [2.05, 4.69) is 10.6 Å². The molecule has 0 aliphatic carbocycles. The number of imide groups is 1. The summed E-state index contributed by atoms with van der Waals surface area (Å²) in [6, 6.07) is 15.9. The summed E-state index contributed by atoms with van der Waals surface area (Å²) >= 11 is 0. The Morgan fingerprint density at radius 3 is 2.36 bits per heavy atom. The number of hydrogen-bond acceptors (Lipinski definition) is 6. The third-order valence-electron chi connectivity index (χ3n) is 3.96. The number of aliphatic hydroxyl groups is 1. The normalized spacial score (nSPS) is 13.3. The molecule has 0 saturated carbocycles. The molecule has 28 heavy (non-hydrogen) atoms. The van der Waals surface area contributed by atoms with Crippen molar-refractivity contribution in [3.05, 3.63) is 71.9 Å². The summed E-state index contributed by atoms with van der Waals surface area (Å²) in [6.07, 6.45) is 0.606. The molecule has 0 radical (unpaired) electrons. The lowest BCUT2D eigenvalue weighted by Crippen LogP contribution is -2.34. The van der Waals surface area contributed by atoms with Gasteiger partial charge in [-0.25, -0.2) is 4.79 Å². The summed E-state index contributed by atoms with van der Waals surface area (Å²) in [5, 5.41) is 14.4. The largest absolute Gasteiger partial charge is 0.444 e. The van der Waals surface area contributed by atoms with E-state index in [-0.39, 0.29) is 25.5 Å². The summed E-state index contributed by atoms with van der Waals surface area (Å²) in [5.41, 5.74) is 2.10. The molecule has 3 rings (SSSR count). The van der Waals surface area contributed by atoms with Gasteiger partial charge in [-0.15, -0.1) is 0 Å². The highest BCUT2D eigenvalue weighted by Gasteiger charge is 2.30. The van der Waals surface area contributed by atoms with Gasteiger partial charge in [0.2, 0.25) is 0 Å². The number of hydrogen-bond donors (Lipinski definition) is 3. The number of nitrogens with one attached hydrogen (secondary N) is 2. The highest BCUT2D eigenvalue weighted by molar-refractivity contribution is 6.17. The van der Waals surface area contributed by atoms with E-state index in [9.17, 15) is 14.4 Å². The molecule has 0 spiro atoms. The number of β-amino-alcohol motifs (C(OH)–C–C–N with tert-alkyl or cyclic N) is 1. The molecule has 0 unspecified atom stereocenters. The molecular weight excluding hydrogens is 362 g/mol. The lowest BCUT2D eigenvalue weighted by atomic mass is 10.2. The number of benzene rings is 2. The Hall–Kier alpha value is -3.65. The quantitative estimate of drug-likeness (QED) is 0.634. The van der Waals surface area contributed by atoms with Crippen molar-refractivity contribution in [2.75, 3.05) is 23.8 Å². The van der Waals surface area contributed by atoms with Gasteiger partial charge in [-0.2, -0.15) is 0 Å². The Morgan fingerprint density at radius 1 is 1.00 bits per heavy atom. The molecule has 8 heteroatoms. The van der Waals surface area contributed by atoms with Gasteiger partial charge < -0.3 is 15.2 Å². The molecule has 2 aromatic carbocycles. The molecule has 8 nitrogen and oxygen atoms in total. The fourth-order valence-electron chi connectivity index (χ4n) is 2.58. The molecule has 0 fully saturated rings. The molecule has 0 bridgehead atoms. The molecule has 144 valence electrons. The first-order valence-corrected chi connectivity index (χ1v) is 8.60. The van der Waals surface area contributed by atoms with Gasteiger partial charge in [0.05, 0.1) is 13.2 Å². The van der Waals surface area contributed by atoms with E-state index in [0.29, 0.717) is 11.4 Å². The number of carbonyl (C=O) groups is 3. The van der Waals surface area contributed by atoms with Gasteiger partial charge in [0.15, 0.2) is 0 Å². The summed E-state index contributed by atoms with van der Waals surface area (Å²) < 4.78 is 5.15. The lowest BCUT2D eigenvalue weighted by molar-refractivity contribution is -0.137. The Morgan fingerprint density at radius 2 is 1.68 bits per heavy atom. The van der Waals surface area contributed by atoms with Crippen molar-refractivity contribution in [2.24, 2.45) is 0 Å². The molecule has 0 saturated heterocycles. The summed E-state index contributed by atoms with van der Waals surface area (Å²) in [5.74, 6) is -0.966. The summed E-state index contributed by atoms with van der Waals surface area (Å²) in [6.45, 7) is -0.173. The van der Waals surface area contributed by atoms with Gasteiger partial charge in [0, 0.05) is 17.5 Å². The molecule has 1 heterocycles. The predicted molar refractivity (Wildman–Crippen MR) is 102 cm³/mol. The second kappa shape index (κ2) is 8.83. The molecule has 0 aromatic heterocycles. The Bertz CT molecular complexity index is 894. The average molecular weight is 381 g/mol. The van der Waals surface area contributed by atoms with Crippen LogP contribution in [0.25, 0.3) is 0 Å². The maximum absolute atomic E-state index is 12.1. The van der Waals surface area contributed by atoms with Crippen molar-refractivity contribution in [3.8, 4) is 0 Å². The number of nitrogens with zero attached hydrogens (tertiary/aromatic N) is 1. The second-order valence-electron chi connectivity index (χ2n) is 5.97. The van der Waals surface area contributed by atoms with Crippen LogP contribution in [0.4, 0.5) is 16.2 Å². The highest BCUT2D eigenvalue weighted by atomic mass is 16.5. The smallest absolute Gasteiger partial charge is 0.411 e. The monoisotopic (exact) mass is 381 g/mol. The number of ether oxygens (including phenoxy) is 1. The van der Waals surface area contributed by atoms with E-state index in [1.165, 1.54) is 6.08 Å². The SMILES string of the molecule is O=C(Nc1ccc(NC2=CC(=O)N(CCO)C2=O)cc1)OCc1ccccc1. The molecular formula is C20H19N3O5. The van der Waals surface area contributed by atoms with Gasteiger partial charge in [0.1, 0.15) is 12.3 Å². The van der Waals surface area contributed by atoms with Gasteiger partial charge in [-0.05, 0) is 29.8 Å². The number of carbonyl (C=O) groups excluding carboxylic acids is 3. The fraction of sp³-hybridized carbons (Fsp3) is 0.150. The van der Waals surface area contributed by atoms with Crippen molar-refractivity contribution in [3.63, 3.8) is 0 Å². The van der Waals surface area contributed by atoms with Crippen LogP contribution in [-0.4, -0.2) is 41.1 Å². The zero-order valence-electron chi connectivity index (χ0n) is 14.9. The van der Waals surface area contributed by atoms with Crippen LogP contribution in [0.2, 0.25) is 0 Å². The van der Waals surface area contributed by atoms with Gasteiger partial charge >= 0.3 is 6.09 Å². The summed E-state index contributed by atoms with van der Waals surface area (Å²) in [7, 11) is 0. The zero-order valence-corrected chi connectivity index (χ0v) is 14.9. The first-order valence-electron chi connectivity index (χ1n) is 8.60. The zero-order chi connectivity index (χ0) is 19.9. The van der Waals surface area contributed by atoms with Crippen LogP contribution in [0.15, 0.2) is 66.4 Å². The maximum Gasteiger partial charge on any atom is 0.411 e. The van der Waals surface area contributed by atoms with E-state index in [1.54, 1.807) is 24.3 Å². The standard InChI is InChI=1S/C20H19N3O5/c24-11-10-23-18(25)12-17(19(23)26)21-15-6-8-16(9-7-15)22-20(27)28-13-14-4-2-1-3-5-14/h1-9,12,21,24H,10-11,13H2,(H,22,27). The van der Waals surface area contributed by atoms with Crippen LogP contribution in [0.3, 0.4) is 0 Å². The van der Waals surface area contributed by atoms with Crippen molar-refractivity contribution in [1.82, 2.24) is 4.90 Å². The van der Waals surface area contributed by atoms with Crippen molar-refractivity contribution < 1.29 is 24.2 Å². The molecule has 1 aliphatic rings. The van der Waals surface area contributed by atoms with Gasteiger partial charge in [-0.1, -0.05) is 30.3 Å². The fourth-order valence-corrected chi connectivity index (χ4v) is 2.58. The predicted octanol–water partition coefficient (Wildman–Crippen LogP) is 2.09. The van der Waals surface area contributed by atoms with Crippen molar-refractivity contribution >= 4 is 29.3 Å². The average Bonchev–Trinajstić information content (AvgIpc) is 2.96.